The zero-order chi connectivity index (χ0) is 15.2. The Labute approximate surface area is 134 Å². The monoisotopic (exact) mass is 325 g/mol. The maximum absolute atomic E-state index is 6.00. The number of rotatable bonds is 6. The molecule has 5 heteroatoms. The normalized spacial score (nSPS) is 10.5. The van der Waals surface area contributed by atoms with E-state index in [0.29, 0.717) is 23.2 Å². The van der Waals surface area contributed by atoms with Crippen LogP contribution in [0.25, 0.3) is 0 Å². The molecule has 3 nitrogen and oxygen atoms in total. The molecule has 0 amide bonds. The molecule has 0 saturated carbocycles. The summed E-state index contributed by atoms with van der Waals surface area (Å²) in [5.74, 6) is 1.52. The van der Waals surface area contributed by atoms with Crippen LogP contribution in [0.4, 0.5) is 0 Å². The Morgan fingerprint density at radius 3 is 2.52 bits per heavy atom. The van der Waals surface area contributed by atoms with Crippen molar-refractivity contribution in [3.8, 4) is 11.5 Å². The molecule has 0 aliphatic heterocycles. The third-order valence-electron chi connectivity index (χ3n) is 3.07. The summed E-state index contributed by atoms with van der Waals surface area (Å²) in [5, 5.41) is 1.05. The van der Waals surface area contributed by atoms with Crippen molar-refractivity contribution in [2.24, 2.45) is 5.73 Å². The summed E-state index contributed by atoms with van der Waals surface area (Å²) in [6.45, 7) is 0.969. The average molecular weight is 326 g/mol. The maximum Gasteiger partial charge on any atom is 0.126 e. The van der Waals surface area contributed by atoms with Crippen molar-refractivity contribution in [3.63, 3.8) is 0 Å². The number of benzene rings is 2. The molecule has 112 valence electrons. The van der Waals surface area contributed by atoms with Gasteiger partial charge in [-0.2, -0.15) is 0 Å². The van der Waals surface area contributed by atoms with Crippen LogP contribution in [0.2, 0.25) is 10.0 Å². The predicted molar refractivity (Wildman–Crippen MR) is 86.5 cm³/mol. The van der Waals surface area contributed by atoms with Crippen LogP contribution < -0.4 is 15.2 Å². The van der Waals surface area contributed by atoms with Crippen molar-refractivity contribution < 1.29 is 9.47 Å². The van der Waals surface area contributed by atoms with E-state index in [1.54, 1.807) is 19.2 Å². The topological polar surface area (TPSA) is 44.5 Å². The summed E-state index contributed by atoms with van der Waals surface area (Å²) >= 11 is 11.9. The zero-order valence-corrected chi connectivity index (χ0v) is 13.2. The van der Waals surface area contributed by atoms with Crippen molar-refractivity contribution in [1.82, 2.24) is 0 Å². The first-order valence-corrected chi connectivity index (χ1v) is 7.33. The lowest BCUT2D eigenvalue weighted by Gasteiger charge is -2.13. The minimum atomic E-state index is 0.404. The largest absolute Gasteiger partial charge is 0.497 e. The highest BCUT2D eigenvalue weighted by Crippen LogP contribution is 2.27. The molecule has 0 aliphatic carbocycles. The molecule has 0 fully saturated rings. The first kappa shape index (κ1) is 16.0. The quantitative estimate of drug-likeness (QED) is 0.870. The van der Waals surface area contributed by atoms with Gasteiger partial charge < -0.3 is 15.2 Å². The van der Waals surface area contributed by atoms with E-state index >= 15 is 0 Å². The summed E-state index contributed by atoms with van der Waals surface area (Å²) in [7, 11) is 1.63. The molecule has 2 aromatic rings. The Morgan fingerprint density at radius 2 is 1.86 bits per heavy atom. The van der Waals surface area contributed by atoms with Gasteiger partial charge in [-0.25, -0.2) is 0 Å². The van der Waals surface area contributed by atoms with Gasteiger partial charge >= 0.3 is 0 Å². The van der Waals surface area contributed by atoms with Crippen LogP contribution in [0.1, 0.15) is 11.1 Å². The fourth-order valence-electron chi connectivity index (χ4n) is 1.95. The van der Waals surface area contributed by atoms with Crippen LogP contribution in [-0.4, -0.2) is 13.7 Å². The molecule has 0 bridgehead atoms. The van der Waals surface area contributed by atoms with E-state index in [1.807, 2.05) is 24.3 Å². The van der Waals surface area contributed by atoms with Gasteiger partial charge in [-0.15, -0.1) is 0 Å². The number of halogens is 2. The summed E-state index contributed by atoms with van der Waals surface area (Å²) in [4.78, 5) is 0. The van der Waals surface area contributed by atoms with Crippen molar-refractivity contribution in [2.75, 3.05) is 13.7 Å². The van der Waals surface area contributed by atoms with E-state index in [4.69, 9.17) is 38.4 Å². The lowest BCUT2D eigenvalue weighted by atomic mass is 10.1. The maximum atomic E-state index is 6.00. The van der Waals surface area contributed by atoms with Crippen LogP contribution in [-0.2, 0) is 13.0 Å². The van der Waals surface area contributed by atoms with Gasteiger partial charge in [0.05, 0.1) is 17.2 Å². The van der Waals surface area contributed by atoms with Crippen LogP contribution in [0.15, 0.2) is 36.4 Å². The minimum absolute atomic E-state index is 0.404. The first-order valence-electron chi connectivity index (χ1n) is 6.57. The smallest absolute Gasteiger partial charge is 0.126 e. The van der Waals surface area contributed by atoms with Crippen LogP contribution in [0, 0.1) is 0 Å². The van der Waals surface area contributed by atoms with E-state index in [-0.39, 0.29) is 0 Å². The van der Waals surface area contributed by atoms with Gasteiger partial charge in [0.25, 0.3) is 0 Å². The molecule has 0 saturated heterocycles. The Kier molecular flexibility index (Phi) is 5.74. The van der Waals surface area contributed by atoms with E-state index < -0.39 is 0 Å². The van der Waals surface area contributed by atoms with Crippen molar-refractivity contribution in [2.45, 2.75) is 13.0 Å². The zero-order valence-electron chi connectivity index (χ0n) is 11.7. The fourth-order valence-corrected chi connectivity index (χ4v) is 2.27. The molecule has 2 aromatic carbocycles. The molecular weight excluding hydrogens is 309 g/mol. The highest BCUT2D eigenvalue weighted by atomic mass is 35.5. The second-order valence-electron chi connectivity index (χ2n) is 4.55. The van der Waals surface area contributed by atoms with Crippen LogP contribution >= 0.6 is 23.2 Å². The molecular formula is C16H17Cl2NO2. The second kappa shape index (κ2) is 7.55. The molecule has 0 atom stereocenters. The van der Waals surface area contributed by atoms with Crippen LogP contribution in [0.3, 0.4) is 0 Å². The van der Waals surface area contributed by atoms with Gasteiger partial charge in [0, 0.05) is 6.07 Å². The Bertz CT molecular complexity index is 617. The predicted octanol–water partition coefficient (Wildman–Crippen LogP) is 4.08. The summed E-state index contributed by atoms with van der Waals surface area (Å²) in [5.41, 5.74) is 7.63. The molecule has 0 unspecified atom stereocenters. The molecule has 2 N–H and O–H groups in total. The molecule has 0 aromatic heterocycles. The minimum Gasteiger partial charge on any atom is -0.497 e. The highest BCUT2D eigenvalue weighted by Gasteiger charge is 2.07. The second-order valence-corrected chi connectivity index (χ2v) is 5.36. The van der Waals surface area contributed by atoms with Crippen LogP contribution in [0.5, 0.6) is 11.5 Å². The lowest BCUT2D eigenvalue weighted by Crippen LogP contribution is -2.05. The van der Waals surface area contributed by atoms with Gasteiger partial charge in [-0.1, -0.05) is 35.3 Å². The Hall–Kier alpha value is -1.42. The van der Waals surface area contributed by atoms with Gasteiger partial charge in [-0.3, -0.25) is 0 Å². The SMILES string of the molecule is COc1ccc(CCN)c(OCc2ccc(Cl)c(Cl)c2)c1. The highest BCUT2D eigenvalue weighted by molar-refractivity contribution is 6.42. The average Bonchev–Trinajstić information content (AvgIpc) is 2.50. The third kappa shape index (κ3) is 4.27. The van der Waals surface area contributed by atoms with Gasteiger partial charge in [0.2, 0.25) is 0 Å². The molecule has 0 aliphatic rings. The van der Waals surface area contributed by atoms with E-state index in [0.717, 1.165) is 29.0 Å². The van der Waals surface area contributed by atoms with Crippen molar-refractivity contribution in [3.05, 3.63) is 57.6 Å². The number of hydrogen-bond donors (Lipinski definition) is 1. The third-order valence-corrected chi connectivity index (χ3v) is 3.81. The summed E-state index contributed by atoms with van der Waals surface area (Å²) < 4.78 is 11.1. The van der Waals surface area contributed by atoms with Crippen molar-refractivity contribution in [1.29, 1.82) is 0 Å². The summed E-state index contributed by atoms with van der Waals surface area (Å²) in [6.07, 6.45) is 0.751. The molecule has 0 radical (unpaired) electrons. The van der Waals surface area contributed by atoms with Gasteiger partial charge in [0.15, 0.2) is 0 Å². The Morgan fingerprint density at radius 1 is 1.05 bits per heavy atom. The molecule has 2 rings (SSSR count). The molecule has 0 heterocycles. The van der Waals surface area contributed by atoms with Gasteiger partial charge in [-0.05, 0) is 42.3 Å². The van der Waals surface area contributed by atoms with E-state index in [2.05, 4.69) is 0 Å². The number of ether oxygens (including phenoxy) is 2. The molecule has 0 spiro atoms. The van der Waals surface area contributed by atoms with E-state index in [9.17, 15) is 0 Å². The first-order chi connectivity index (χ1) is 10.1. The number of hydrogen-bond acceptors (Lipinski definition) is 3. The molecule has 21 heavy (non-hydrogen) atoms. The van der Waals surface area contributed by atoms with Gasteiger partial charge in [0.1, 0.15) is 18.1 Å². The number of nitrogens with two attached hydrogens (primary N) is 1. The van der Waals surface area contributed by atoms with E-state index in [1.165, 1.54) is 0 Å². The lowest BCUT2D eigenvalue weighted by molar-refractivity contribution is 0.300. The fraction of sp³-hybridized carbons (Fsp3) is 0.250. The van der Waals surface area contributed by atoms with Crippen molar-refractivity contribution >= 4 is 23.2 Å². The number of methoxy groups -OCH3 is 1. The standard InChI is InChI=1S/C16H17Cl2NO2/c1-20-13-4-3-12(6-7-19)16(9-13)21-10-11-2-5-14(17)15(18)8-11/h2-5,8-9H,6-7,10,19H2,1H3. The Balaban J connectivity index is 2.15. The summed E-state index contributed by atoms with van der Waals surface area (Å²) in [6, 6.07) is 11.2.